The molecule has 0 aliphatic rings. The topological polar surface area (TPSA) is 123 Å². The summed E-state index contributed by atoms with van der Waals surface area (Å²) >= 11 is 0. The first-order valence-electron chi connectivity index (χ1n) is 9.81. The van der Waals surface area contributed by atoms with Crippen LogP contribution in [0.25, 0.3) is 0 Å². The molecule has 172 valence electrons. The van der Waals surface area contributed by atoms with Gasteiger partial charge in [0.25, 0.3) is 11.8 Å². The van der Waals surface area contributed by atoms with Gasteiger partial charge in [0.1, 0.15) is 0 Å². The minimum Gasteiger partial charge on any atom is -0.493 e. The van der Waals surface area contributed by atoms with Crippen molar-refractivity contribution in [3.05, 3.63) is 89.5 Å². The fourth-order valence-corrected chi connectivity index (χ4v) is 4.04. The summed E-state index contributed by atoms with van der Waals surface area (Å²) in [5.74, 6) is -0.751. The Labute approximate surface area is 191 Å². The van der Waals surface area contributed by atoms with Crippen LogP contribution >= 0.6 is 0 Å². The quantitative estimate of drug-likeness (QED) is 0.435. The van der Waals surface area contributed by atoms with E-state index in [9.17, 15) is 18.0 Å². The van der Waals surface area contributed by atoms with Crippen LogP contribution in [0.15, 0.2) is 77.7 Å². The zero-order valence-corrected chi connectivity index (χ0v) is 18.8. The van der Waals surface area contributed by atoms with Crippen molar-refractivity contribution in [3.63, 3.8) is 0 Å². The van der Waals surface area contributed by atoms with Crippen LogP contribution < -0.4 is 25.0 Å². The third-order valence-electron chi connectivity index (χ3n) is 4.65. The molecule has 0 spiro atoms. The van der Waals surface area contributed by atoms with Gasteiger partial charge in [-0.1, -0.05) is 42.5 Å². The van der Waals surface area contributed by atoms with Gasteiger partial charge < -0.3 is 9.47 Å². The molecule has 3 rings (SSSR count). The zero-order valence-electron chi connectivity index (χ0n) is 18.0. The van der Waals surface area contributed by atoms with Crippen LogP contribution in [0.1, 0.15) is 26.3 Å². The molecule has 3 N–H and O–H groups in total. The third-order valence-corrected chi connectivity index (χ3v) is 6.05. The number of carbonyl (C=O) groups is 2. The first kappa shape index (κ1) is 23.8. The van der Waals surface area contributed by atoms with Crippen molar-refractivity contribution in [2.24, 2.45) is 0 Å². The molecule has 0 unspecified atom stereocenters. The summed E-state index contributed by atoms with van der Waals surface area (Å²) in [4.78, 5) is 24.9. The number of hydrogen-bond acceptors (Lipinski definition) is 6. The number of para-hydroxylation sites is 1. The first-order chi connectivity index (χ1) is 15.9. The maximum absolute atomic E-state index is 12.6. The Hall–Kier alpha value is -3.89. The van der Waals surface area contributed by atoms with Crippen molar-refractivity contribution >= 4 is 21.8 Å². The van der Waals surface area contributed by atoms with Gasteiger partial charge in [0, 0.05) is 12.1 Å². The Balaban J connectivity index is 1.68. The lowest BCUT2D eigenvalue weighted by molar-refractivity contribution is 0.0844. The lowest BCUT2D eigenvalue weighted by Crippen LogP contribution is -2.41. The molecular weight excluding hydrogens is 446 g/mol. The fraction of sp³-hybridized carbons (Fsp3) is 0.130. The maximum atomic E-state index is 12.6. The molecule has 0 fully saturated rings. The Morgan fingerprint density at radius 2 is 1.52 bits per heavy atom. The molecule has 0 heterocycles. The lowest BCUT2D eigenvalue weighted by atomic mass is 10.1. The number of benzene rings is 3. The van der Waals surface area contributed by atoms with E-state index in [1.807, 2.05) is 18.2 Å². The van der Waals surface area contributed by atoms with E-state index in [0.29, 0.717) is 5.75 Å². The van der Waals surface area contributed by atoms with Crippen LogP contribution in [0.3, 0.4) is 0 Å². The number of methoxy groups -OCH3 is 2. The highest BCUT2D eigenvalue weighted by Gasteiger charge is 2.19. The Bertz CT molecular complexity index is 1250. The molecular formula is C23H23N3O6S. The molecule has 0 atom stereocenters. The van der Waals surface area contributed by atoms with E-state index in [1.165, 1.54) is 44.6 Å². The van der Waals surface area contributed by atoms with E-state index in [1.54, 1.807) is 24.3 Å². The van der Waals surface area contributed by atoms with E-state index >= 15 is 0 Å². The summed E-state index contributed by atoms with van der Waals surface area (Å²) in [7, 11) is -1.02. The highest BCUT2D eigenvalue weighted by atomic mass is 32.2. The molecule has 0 aliphatic carbocycles. The second-order valence-electron chi connectivity index (χ2n) is 6.79. The summed E-state index contributed by atoms with van der Waals surface area (Å²) in [5, 5.41) is 0. The van der Waals surface area contributed by atoms with Crippen molar-refractivity contribution in [1.82, 2.24) is 15.6 Å². The molecule has 0 saturated heterocycles. The van der Waals surface area contributed by atoms with Gasteiger partial charge >= 0.3 is 0 Å². The number of ether oxygens (including phenoxy) is 2. The monoisotopic (exact) mass is 469 g/mol. The molecule has 3 aromatic rings. The molecule has 2 amide bonds. The number of carbonyl (C=O) groups excluding carboxylic acids is 2. The van der Waals surface area contributed by atoms with Crippen molar-refractivity contribution < 1.29 is 27.5 Å². The van der Waals surface area contributed by atoms with Crippen molar-refractivity contribution in [2.75, 3.05) is 14.2 Å². The predicted octanol–water partition coefficient (Wildman–Crippen LogP) is 2.26. The van der Waals surface area contributed by atoms with E-state index in [4.69, 9.17) is 9.47 Å². The average molecular weight is 470 g/mol. The number of nitrogens with one attached hydrogen (secondary N) is 3. The van der Waals surface area contributed by atoms with Gasteiger partial charge in [-0.25, -0.2) is 13.1 Å². The maximum Gasteiger partial charge on any atom is 0.273 e. The largest absolute Gasteiger partial charge is 0.493 e. The normalized spacial score (nSPS) is 10.8. The van der Waals surface area contributed by atoms with Crippen LogP contribution in [0, 0.1) is 0 Å². The van der Waals surface area contributed by atoms with Gasteiger partial charge in [-0.3, -0.25) is 20.4 Å². The zero-order chi connectivity index (χ0) is 23.8. The average Bonchev–Trinajstić information content (AvgIpc) is 2.86. The SMILES string of the molecule is COc1cccc(C(=O)NNC(=O)c2cccc(S(=O)(=O)NCc3ccccc3)c2)c1OC. The highest BCUT2D eigenvalue weighted by molar-refractivity contribution is 7.89. The Kier molecular flexibility index (Phi) is 7.65. The lowest BCUT2D eigenvalue weighted by Gasteiger charge is -2.13. The van der Waals surface area contributed by atoms with Gasteiger partial charge in [0.15, 0.2) is 11.5 Å². The van der Waals surface area contributed by atoms with Crippen LogP contribution in [0.4, 0.5) is 0 Å². The van der Waals surface area contributed by atoms with Gasteiger partial charge in [-0.05, 0) is 35.9 Å². The smallest absolute Gasteiger partial charge is 0.273 e. The van der Waals surface area contributed by atoms with Crippen LogP contribution in [0.2, 0.25) is 0 Å². The van der Waals surface area contributed by atoms with E-state index in [2.05, 4.69) is 15.6 Å². The molecule has 0 saturated carbocycles. The van der Waals surface area contributed by atoms with Crippen molar-refractivity contribution in [1.29, 1.82) is 0 Å². The molecule has 0 aliphatic heterocycles. The predicted molar refractivity (Wildman–Crippen MR) is 121 cm³/mol. The van der Waals surface area contributed by atoms with E-state index in [0.717, 1.165) is 5.56 Å². The number of sulfonamides is 1. The molecule has 0 aromatic heterocycles. The van der Waals surface area contributed by atoms with Crippen LogP contribution in [-0.2, 0) is 16.6 Å². The van der Waals surface area contributed by atoms with Gasteiger partial charge in [0.05, 0.1) is 24.7 Å². The van der Waals surface area contributed by atoms with Gasteiger partial charge in [0.2, 0.25) is 10.0 Å². The van der Waals surface area contributed by atoms with Gasteiger partial charge in [-0.15, -0.1) is 0 Å². The molecule has 0 radical (unpaired) electrons. The second-order valence-corrected chi connectivity index (χ2v) is 8.55. The third kappa shape index (κ3) is 5.88. The van der Waals surface area contributed by atoms with Gasteiger partial charge in [-0.2, -0.15) is 0 Å². The standard InChI is InChI=1S/C23H23N3O6S/c1-31-20-13-7-12-19(21(20)32-2)23(28)26-25-22(27)17-10-6-11-18(14-17)33(29,30)24-15-16-8-4-3-5-9-16/h3-14,24H,15H2,1-2H3,(H,25,27)(H,26,28). The molecule has 10 heteroatoms. The first-order valence-corrected chi connectivity index (χ1v) is 11.3. The molecule has 9 nitrogen and oxygen atoms in total. The number of hydrogen-bond donors (Lipinski definition) is 3. The molecule has 33 heavy (non-hydrogen) atoms. The molecule has 3 aromatic carbocycles. The second kappa shape index (κ2) is 10.6. The number of rotatable bonds is 8. The fourth-order valence-electron chi connectivity index (χ4n) is 2.98. The van der Waals surface area contributed by atoms with Crippen molar-refractivity contribution in [2.45, 2.75) is 11.4 Å². The summed E-state index contributed by atoms with van der Waals surface area (Å²) in [6.07, 6.45) is 0. The summed E-state index contributed by atoms with van der Waals surface area (Å²) in [5.41, 5.74) is 5.56. The summed E-state index contributed by atoms with van der Waals surface area (Å²) in [6, 6.07) is 19.3. The van der Waals surface area contributed by atoms with Crippen LogP contribution in [-0.4, -0.2) is 34.5 Å². The van der Waals surface area contributed by atoms with E-state index in [-0.39, 0.29) is 28.3 Å². The Morgan fingerprint density at radius 1 is 0.818 bits per heavy atom. The summed E-state index contributed by atoms with van der Waals surface area (Å²) in [6.45, 7) is 0.109. The summed E-state index contributed by atoms with van der Waals surface area (Å²) < 4.78 is 38.1. The Morgan fingerprint density at radius 3 is 2.21 bits per heavy atom. The highest BCUT2D eigenvalue weighted by Crippen LogP contribution is 2.30. The molecule has 0 bridgehead atoms. The number of hydrazine groups is 1. The van der Waals surface area contributed by atoms with Crippen molar-refractivity contribution in [3.8, 4) is 11.5 Å². The minimum atomic E-state index is -3.85. The minimum absolute atomic E-state index is 0.0514. The van der Waals surface area contributed by atoms with Crippen LogP contribution in [0.5, 0.6) is 11.5 Å². The number of amides is 2. The van der Waals surface area contributed by atoms with E-state index < -0.39 is 21.8 Å².